The van der Waals surface area contributed by atoms with Gasteiger partial charge in [0.25, 0.3) is 0 Å². The number of benzene rings is 1. The average Bonchev–Trinajstić information content (AvgIpc) is 2.97. The van der Waals surface area contributed by atoms with Gasteiger partial charge in [-0.3, -0.25) is 0 Å². The molecule has 3 rings (SSSR count). The van der Waals surface area contributed by atoms with Crippen LogP contribution in [-0.4, -0.2) is 4.57 Å². The first-order chi connectivity index (χ1) is 7.57. The predicted molar refractivity (Wildman–Crippen MR) is 55.2 cm³/mol. The molecule has 1 aliphatic carbocycles. The summed E-state index contributed by atoms with van der Waals surface area (Å²) in [6, 6.07) is 6.98. The molecule has 1 aliphatic rings. The highest BCUT2D eigenvalue weighted by Crippen LogP contribution is 2.42. The first kappa shape index (κ1) is 9.75. The average molecular weight is 225 g/mol. The van der Waals surface area contributed by atoms with Crippen LogP contribution >= 0.6 is 0 Å². The standard InChI is InChI=1S/C12H10F3N/c13-12(14,15)10-7-16(8-5-6-8)11-4-2-1-3-9(10)11/h1-4,7-8H,5-6H2. The van der Waals surface area contributed by atoms with Crippen LogP contribution in [0, 0.1) is 0 Å². The van der Waals surface area contributed by atoms with E-state index in [-0.39, 0.29) is 6.04 Å². The molecule has 1 fully saturated rings. The molecule has 0 aliphatic heterocycles. The Balaban J connectivity index is 2.29. The quantitative estimate of drug-likeness (QED) is 0.691. The summed E-state index contributed by atoms with van der Waals surface area (Å²) in [6.07, 6.45) is -1.05. The van der Waals surface area contributed by atoms with E-state index in [1.165, 1.54) is 12.3 Å². The zero-order valence-electron chi connectivity index (χ0n) is 8.46. The molecule has 0 saturated heterocycles. The molecule has 0 amide bonds. The van der Waals surface area contributed by atoms with Crippen LogP contribution in [0.15, 0.2) is 30.5 Å². The van der Waals surface area contributed by atoms with Crippen molar-refractivity contribution in [3.63, 3.8) is 0 Å². The normalized spacial score (nSPS) is 16.9. The summed E-state index contributed by atoms with van der Waals surface area (Å²) in [7, 11) is 0. The molecule has 0 unspecified atom stereocenters. The molecule has 1 aromatic carbocycles. The Morgan fingerprint density at radius 3 is 2.44 bits per heavy atom. The van der Waals surface area contributed by atoms with Crippen molar-refractivity contribution in [1.82, 2.24) is 4.57 Å². The lowest BCUT2D eigenvalue weighted by Crippen LogP contribution is -2.03. The van der Waals surface area contributed by atoms with Gasteiger partial charge in [0.05, 0.1) is 5.56 Å². The van der Waals surface area contributed by atoms with Crippen LogP contribution in [0.4, 0.5) is 13.2 Å². The molecule has 0 atom stereocenters. The van der Waals surface area contributed by atoms with Crippen LogP contribution in [-0.2, 0) is 6.18 Å². The Morgan fingerprint density at radius 2 is 1.81 bits per heavy atom. The maximum atomic E-state index is 12.8. The lowest BCUT2D eigenvalue weighted by atomic mass is 10.2. The number of fused-ring (bicyclic) bond motifs is 1. The van der Waals surface area contributed by atoms with Crippen molar-refractivity contribution in [3.8, 4) is 0 Å². The molecule has 1 aromatic heterocycles. The lowest BCUT2D eigenvalue weighted by Gasteiger charge is -2.03. The number of aromatic nitrogens is 1. The molecule has 0 spiro atoms. The van der Waals surface area contributed by atoms with Crippen LogP contribution in [0.5, 0.6) is 0 Å². The Morgan fingerprint density at radius 1 is 1.12 bits per heavy atom. The maximum Gasteiger partial charge on any atom is 0.418 e. The first-order valence-corrected chi connectivity index (χ1v) is 5.24. The van der Waals surface area contributed by atoms with Crippen LogP contribution in [0.1, 0.15) is 24.4 Å². The van der Waals surface area contributed by atoms with E-state index in [2.05, 4.69) is 0 Å². The molecular weight excluding hydrogens is 215 g/mol. The zero-order chi connectivity index (χ0) is 11.3. The van der Waals surface area contributed by atoms with Crippen molar-refractivity contribution in [2.75, 3.05) is 0 Å². The van der Waals surface area contributed by atoms with Gasteiger partial charge in [-0.2, -0.15) is 13.2 Å². The fraction of sp³-hybridized carbons (Fsp3) is 0.333. The van der Waals surface area contributed by atoms with E-state index in [9.17, 15) is 13.2 Å². The highest BCUT2D eigenvalue weighted by molar-refractivity contribution is 5.84. The second-order valence-corrected chi connectivity index (χ2v) is 4.20. The fourth-order valence-corrected chi connectivity index (χ4v) is 2.09. The van der Waals surface area contributed by atoms with Crippen LogP contribution < -0.4 is 0 Å². The molecule has 84 valence electrons. The number of nitrogens with zero attached hydrogens (tertiary/aromatic N) is 1. The number of para-hydroxylation sites is 1. The van der Waals surface area contributed by atoms with E-state index >= 15 is 0 Å². The van der Waals surface area contributed by atoms with Gasteiger partial charge in [-0.25, -0.2) is 0 Å². The monoisotopic (exact) mass is 225 g/mol. The van der Waals surface area contributed by atoms with Crippen molar-refractivity contribution < 1.29 is 13.2 Å². The second-order valence-electron chi connectivity index (χ2n) is 4.20. The molecule has 2 aromatic rings. The Hall–Kier alpha value is -1.45. The second kappa shape index (κ2) is 3.03. The number of alkyl halides is 3. The van der Waals surface area contributed by atoms with Crippen molar-refractivity contribution in [2.45, 2.75) is 25.1 Å². The van der Waals surface area contributed by atoms with Crippen molar-refractivity contribution in [3.05, 3.63) is 36.0 Å². The summed E-state index contributed by atoms with van der Waals surface area (Å²) in [4.78, 5) is 0. The van der Waals surface area contributed by atoms with E-state index in [0.717, 1.165) is 12.8 Å². The highest BCUT2D eigenvalue weighted by atomic mass is 19.4. The SMILES string of the molecule is FC(F)(F)c1cn(C2CC2)c2ccccc12. The summed E-state index contributed by atoms with van der Waals surface area (Å²) < 4.78 is 40.2. The van der Waals surface area contributed by atoms with E-state index < -0.39 is 11.7 Å². The van der Waals surface area contributed by atoms with Gasteiger partial charge in [0.2, 0.25) is 0 Å². The zero-order valence-corrected chi connectivity index (χ0v) is 8.46. The third kappa shape index (κ3) is 1.40. The maximum absolute atomic E-state index is 12.8. The van der Waals surface area contributed by atoms with Gasteiger partial charge in [-0.1, -0.05) is 18.2 Å². The largest absolute Gasteiger partial charge is 0.418 e. The Labute approximate surface area is 90.5 Å². The summed E-state index contributed by atoms with van der Waals surface area (Å²) in [5.74, 6) is 0. The minimum atomic E-state index is -4.26. The van der Waals surface area contributed by atoms with Crippen LogP contribution in [0.3, 0.4) is 0 Å². The van der Waals surface area contributed by atoms with Gasteiger partial charge in [0.1, 0.15) is 0 Å². The molecule has 1 nitrogen and oxygen atoms in total. The predicted octanol–water partition coefficient (Wildman–Crippen LogP) is 4.00. The summed E-state index contributed by atoms with van der Waals surface area (Å²) in [5.41, 5.74) is 0.173. The van der Waals surface area contributed by atoms with Gasteiger partial charge >= 0.3 is 6.18 Å². The minimum absolute atomic E-state index is 0.265. The molecule has 16 heavy (non-hydrogen) atoms. The minimum Gasteiger partial charge on any atom is -0.344 e. The van der Waals surface area contributed by atoms with Crippen molar-refractivity contribution in [1.29, 1.82) is 0 Å². The van der Waals surface area contributed by atoms with Crippen molar-refractivity contribution >= 4 is 10.9 Å². The van der Waals surface area contributed by atoms with Gasteiger partial charge in [0.15, 0.2) is 0 Å². The summed E-state index contributed by atoms with van der Waals surface area (Å²) in [5, 5.41) is 0.307. The van der Waals surface area contributed by atoms with Crippen molar-refractivity contribution in [2.24, 2.45) is 0 Å². The van der Waals surface area contributed by atoms with E-state index in [4.69, 9.17) is 0 Å². The number of rotatable bonds is 1. The van der Waals surface area contributed by atoms with Crippen LogP contribution in [0.2, 0.25) is 0 Å². The molecule has 1 saturated carbocycles. The molecule has 1 heterocycles. The third-order valence-electron chi connectivity index (χ3n) is 2.99. The smallest absolute Gasteiger partial charge is 0.344 e. The van der Waals surface area contributed by atoms with Gasteiger partial charge in [0, 0.05) is 23.1 Å². The van der Waals surface area contributed by atoms with E-state index in [1.54, 1.807) is 22.8 Å². The van der Waals surface area contributed by atoms with E-state index in [1.807, 2.05) is 0 Å². The molecular formula is C12H10F3N. The first-order valence-electron chi connectivity index (χ1n) is 5.24. The molecule has 0 bridgehead atoms. The number of halogens is 3. The van der Waals surface area contributed by atoms with Crippen LogP contribution in [0.25, 0.3) is 10.9 Å². The topological polar surface area (TPSA) is 4.93 Å². The molecule has 0 radical (unpaired) electrons. The van der Waals surface area contributed by atoms with Gasteiger partial charge in [-0.05, 0) is 18.9 Å². The molecule has 0 N–H and O–H groups in total. The summed E-state index contributed by atoms with van der Waals surface area (Å²) in [6.45, 7) is 0. The van der Waals surface area contributed by atoms with Gasteiger partial charge in [-0.15, -0.1) is 0 Å². The Kier molecular flexibility index (Phi) is 1.85. The third-order valence-corrected chi connectivity index (χ3v) is 2.99. The Bertz CT molecular complexity index is 535. The highest BCUT2D eigenvalue weighted by Gasteiger charge is 2.36. The fourth-order valence-electron chi connectivity index (χ4n) is 2.09. The molecule has 4 heteroatoms. The lowest BCUT2D eigenvalue weighted by molar-refractivity contribution is -0.136. The number of hydrogen-bond acceptors (Lipinski definition) is 0. The summed E-state index contributed by atoms with van der Waals surface area (Å²) >= 11 is 0. The number of hydrogen-bond donors (Lipinski definition) is 0. The van der Waals surface area contributed by atoms with E-state index in [0.29, 0.717) is 10.9 Å². The van der Waals surface area contributed by atoms with Gasteiger partial charge < -0.3 is 4.57 Å².